The lowest BCUT2D eigenvalue weighted by Crippen LogP contribution is -2.08. The lowest BCUT2D eigenvalue weighted by atomic mass is 10.2. The lowest BCUT2D eigenvalue weighted by molar-refractivity contribution is 0.414. The first kappa shape index (κ1) is 14.1. The number of aromatic nitrogens is 2. The van der Waals surface area contributed by atoms with E-state index in [1.54, 1.807) is 13.4 Å². The van der Waals surface area contributed by atoms with Crippen LogP contribution in [0.2, 0.25) is 0 Å². The number of hydrogen-bond donors (Lipinski definition) is 2. The molecule has 0 saturated carbocycles. The Morgan fingerprint density at radius 1 is 1.05 bits per heavy atom. The fourth-order valence-corrected chi connectivity index (χ4v) is 1.90. The van der Waals surface area contributed by atoms with Gasteiger partial charge in [0.05, 0.1) is 7.11 Å². The van der Waals surface area contributed by atoms with E-state index in [0.717, 1.165) is 29.5 Å². The van der Waals surface area contributed by atoms with Crippen molar-refractivity contribution in [1.82, 2.24) is 9.97 Å². The van der Waals surface area contributed by atoms with Gasteiger partial charge in [-0.1, -0.05) is 12.1 Å². The molecule has 0 aliphatic rings. The highest BCUT2D eigenvalue weighted by atomic mass is 16.5. The number of ether oxygens (including phenoxy) is 1. The largest absolute Gasteiger partial charge is 0.497 e. The van der Waals surface area contributed by atoms with Gasteiger partial charge in [0, 0.05) is 18.7 Å². The number of nitrogens with zero attached hydrogens (tertiary/aromatic N) is 2. The van der Waals surface area contributed by atoms with Crippen molar-refractivity contribution in [2.75, 3.05) is 24.3 Å². The predicted octanol–water partition coefficient (Wildman–Crippen LogP) is 2.84. The standard InChI is InChI=1S/C15H20N4O/c1-4-16-14-11(2)15(19-10-18-14)17-9-12-5-7-13(20-3)8-6-12/h5-8,10H,4,9H2,1-3H3,(H2,16,17,18,19). The first-order valence-electron chi connectivity index (χ1n) is 6.67. The molecule has 0 radical (unpaired) electrons. The monoisotopic (exact) mass is 272 g/mol. The zero-order valence-corrected chi connectivity index (χ0v) is 12.1. The molecule has 0 saturated heterocycles. The molecule has 0 aliphatic heterocycles. The van der Waals surface area contributed by atoms with E-state index in [-0.39, 0.29) is 0 Å². The molecule has 1 aromatic heterocycles. The van der Waals surface area contributed by atoms with Crippen LogP contribution < -0.4 is 15.4 Å². The van der Waals surface area contributed by atoms with E-state index in [4.69, 9.17) is 4.74 Å². The summed E-state index contributed by atoms with van der Waals surface area (Å²) < 4.78 is 5.14. The van der Waals surface area contributed by atoms with Crippen LogP contribution >= 0.6 is 0 Å². The quantitative estimate of drug-likeness (QED) is 0.846. The van der Waals surface area contributed by atoms with Crippen molar-refractivity contribution in [2.45, 2.75) is 20.4 Å². The maximum absolute atomic E-state index is 5.14. The molecule has 0 fully saturated rings. The highest BCUT2D eigenvalue weighted by Gasteiger charge is 2.05. The highest BCUT2D eigenvalue weighted by Crippen LogP contribution is 2.19. The van der Waals surface area contributed by atoms with Crippen LogP contribution in [0.25, 0.3) is 0 Å². The van der Waals surface area contributed by atoms with Crippen molar-refractivity contribution in [3.8, 4) is 5.75 Å². The van der Waals surface area contributed by atoms with Crippen molar-refractivity contribution in [2.24, 2.45) is 0 Å². The Kier molecular flexibility index (Phi) is 4.76. The van der Waals surface area contributed by atoms with Gasteiger partial charge in [-0.25, -0.2) is 9.97 Å². The van der Waals surface area contributed by atoms with Gasteiger partial charge in [0.15, 0.2) is 0 Å². The molecule has 1 aromatic carbocycles. The Labute approximate surface area is 119 Å². The molecular formula is C15H20N4O. The minimum absolute atomic E-state index is 0.716. The van der Waals surface area contributed by atoms with Crippen LogP contribution in [0.3, 0.4) is 0 Å². The molecule has 20 heavy (non-hydrogen) atoms. The van der Waals surface area contributed by atoms with E-state index in [9.17, 15) is 0 Å². The van der Waals surface area contributed by atoms with Gasteiger partial charge in [-0.15, -0.1) is 0 Å². The molecule has 2 rings (SSSR count). The van der Waals surface area contributed by atoms with Crippen LogP contribution in [0.5, 0.6) is 5.75 Å². The van der Waals surface area contributed by atoms with Gasteiger partial charge in [0.2, 0.25) is 0 Å². The van der Waals surface area contributed by atoms with E-state index in [1.165, 1.54) is 5.56 Å². The summed E-state index contributed by atoms with van der Waals surface area (Å²) in [6, 6.07) is 7.98. The molecule has 0 aliphatic carbocycles. The highest BCUT2D eigenvalue weighted by molar-refractivity contribution is 5.56. The maximum Gasteiger partial charge on any atom is 0.134 e. The summed E-state index contributed by atoms with van der Waals surface area (Å²) in [7, 11) is 1.67. The molecule has 0 amide bonds. The van der Waals surface area contributed by atoms with Gasteiger partial charge in [-0.2, -0.15) is 0 Å². The van der Waals surface area contributed by atoms with E-state index < -0.39 is 0 Å². The summed E-state index contributed by atoms with van der Waals surface area (Å²) in [5.74, 6) is 2.59. The summed E-state index contributed by atoms with van der Waals surface area (Å²) in [6.07, 6.45) is 1.57. The third-order valence-electron chi connectivity index (χ3n) is 3.05. The molecule has 0 unspecified atom stereocenters. The van der Waals surface area contributed by atoms with Crippen LogP contribution in [0, 0.1) is 6.92 Å². The van der Waals surface area contributed by atoms with Crippen LogP contribution in [0.15, 0.2) is 30.6 Å². The number of anilines is 2. The Hall–Kier alpha value is -2.30. The minimum Gasteiger partial charge on any atom is -0.497 e. The van der Waals surface area contributed by atoms with Crippen LogP contribution in [0.1, 0.15) is 18.1 Å². The second kappa shape index (κ2) is 6.75. The van der Waals surface area contributed by atoms with Crippen molar-refractivity contribution >= 4 is 11.6 Å². The normalized spacial score (nSPS) is 10.2. The SMILES string of the molecule is CCNc1ncnc(NCc2ccc(OC)cc2)c1C. The van der Waals surface area contributed by atoms with Crippen molar-refractivity contribution in [3.63, 3.8) is 0 Å². The van der Waals surface area contributed by atoms with E-state index in [2.05, 4.69) is 20.6 Å². The second-order valence-corrected chi connectivity index (χ2v) is 4.43. The molecule has 5 heteroatoms. The summed E-state index contributed by atoms with van der Waals surface area (Å²) in [6.45, 7) is 5.61. The van der Waals surface area contributed by atoms with Crippen molar-refractivity contribution in [3.05, 3.63) is 41.7 Å². The molecule has 0 bridgehead atoms. The number of benzene rings is 1. The Bertz CT molecular complexity index is 554. The average Bonchev–Trinajstić information content (AvgIpc) is 2.49. The molecule has 0 atom stereocenters. The molecule has 1 heterocycles. The van der Waals surface area contributed by atoms with Gasteiger partial charge in [-0.05, 0) is 31.5 Å². The van der Waals surface area contributed by atoms with E-state index >= 15 is 0 Å². The second-order valence-electron chi connectivity index (χ2n) is 4.43. The smallest absolute Gasteiger partial charge is 0.134 e. The Morgan fingerprint density at radius 2 is 1.70 bits per heavy atom. The molecule has 5 nitrogen and oxygen atoms in total. The first-order chi connectivity index (χ1) is 9.74. The zero-order chi connectivity index (χ0) is 14.4. The lowest BCUT2D eigenvalue weighted by Gasteiger charge is -2.12. The van der Waals surface area contributed by atoms with Gasteiger partial charge >= 0.3 is 0 Å². The van der Waals surface area contributed by atoms with Gasteiger partial charge < -0.3 is 15.4 Å². The molecular weight excluding hydrogens is 252 g/mol. The maximum atomic E-state index is 5.14. The van der Waals surface area contributed by atoms with E-state index in [0.29, 0.717) is 6.54 Å². The summed E-state index contributed by atoms with van der Waals surface area (Å²) in [5.41, 5.74) is 2.21. The molecule has 2 aromatic rings. The van der Waals surface area contributed by atoms with Gasteiger partial charge in [-0.3, -0.25) is 0 Å². The predicted molar refractivity (Wildman–Crippen MR) is 81.3 cm³/mol. The third-order valence-corrected chi connectivity index (χ3v) is 3.05. The van der Waals surface area contributed by atoms with Crippen LogP contribution in [-0.4, -0.2) is 23.6 Å². The number of rotatable bonds is 6. The fourth-order valence-electron chi connectivity index (χ4n) is 1.90. The molecule has 0 spiro atoms. The number of nitrogens with one attached hydrogen (secondary N) is 2. The summed E-state index contributed by atoms with van der Waals surface area (Å²) in [5, 5.41) is 6.56. The first-order valence-corrected chi connectivity index (χ1v) is 6.67. The third kappa shape index (κ3) is 3.38. The molecule has 2 N–H and O–H groups in total. The van der Waals surface area contributed by atoms with Gasteiger partial charge in [0.1, 0.15) is 23.7 Å². The Morgan fingerprint density at radius 3 is 2.30 bits per heavy atom. The fraction of sp³-hybridized carbons (Fsp3) is 0.333. The van der Waals surface area contributed by atoms with Crippen LogP contribution in [0.4, 0.5) is 11.6 Å². The van der Waals surface area contributed by atoms with Crippen molar-refractivity contribution < 1.29 is 4.74 Å². The summed E-state index contributed by atoms with van der Waals surface area (Å²) >= 11 is 0. The number of hydrogen-bond acceptors (Lipinski definition) is 5. The minimum atomic E-state index is 0.716. The van der Waals surface area contributed by atoms with E-state index in [1.807, 2.05) is 38.1 Å². The number of methoxy groups -OCH3 is 1. The Balaban J connectivity index is 2.04. The van der Waals surface area contributed by atoms with Crippen LogP contribution in [-0.2, 0) is 6.54 Å². The summed E-state index contributed by atoms with van der Waals surface area (Å²) in [4.78, 5) is 8.51. The zero-order valence-electron chi connectivity index (χ0n) is 12.1. The van der Waals surface area contributed by atoms with Crippen molar-refractivity contribution in [1.29, 1.82) is 0 Å². The van der Waals surface area contributed by atoms with Gasteiger partial charge in [0.25, 0.3) is 0 Å². The topological polar surface area (TPSA) is 59.1 Å². The average molecular weight is 272 g/mol. The molecule has 106 valence electrons.